The highest BCUT2D eigenvalue weighted by Gasteiger charge is 2.20. The maximum Gasteiger partial charge on any atom is 0.447 e. The number of unbranched alkanes of at least 4 members (excludes halogenated alkanes) is 1. The number of hydrogen-bond acceptors (Lipinski definition) is 10. The summed E-state index contributed by atoms with van der Waals surface area (Å²) in [5.41, 5.74) is 2.22. The molecule has 0 spiro atoms. The van der Waals surface area contributed by atoms with Crippen molar-refractivity contribution in [1.29, 1.82) is 0 Å². The number of carbonyl (C=O) groups is 2. The number of ether oxygens (including phenoxy) is 1. The van der Waals surface area contributed by atoms with Crippen LogP contribution in [0.3, 0.4) is 0 Å². The molecule has 1 aromatic carbocycles. The molecule has 220 valence electrons. The van der Waals surface area contributed by atoms with Gasteiger partial charge in [-0.1, -0.05) is 29.2 Å². The number of likely N-dealkylation sites (N-methyl/N-ethyl adjacent to an activating group) is 1. The number of benzene rings is 1. The summed E-state index contributed by atoms with van der Waals surface area (Å²) >= 11 is 1.31. The Bertz CT molecular complexity index is 1300. The van der Waals surface area contributed by atoms with Gasteiger partial charge in [-0.15, -0.1) is 5.10 Å². The molecule has 2 heterocycles. The van der Waals surface area contributed by atoms with Crippen LogP contribution in [0.1, 0.15) is 55.4 Å². The van der Waals surface area contributed by atoms with Crippen molar-refractivity contribution in [2.45, 2.75) is 65.0 Å². The molecule has 0 aliphatic carbocycles. The number of amides is 2. The first kappa shape index (κ1) is 31.7. The fraction of sp³-hybridized carbons (Fsp3) is 0.500. The van der Waals surface area contributed by atoms with Gasteiger partial charge in [0.1, 0.15) is 17.2 Å². The minimum atomic E-state index is -0.551. The average Bonchev–Trinajstić information content (AvgIpc) is 3.37. The van der Waals surface area contributed by atoms with Crippen LogP contribution in [-0.4, -0.2) is 74.8 Å². The molecule has 13 heteroatoms. The topological polar surface area (TPSA) is 142 Å². The first-order valence-corrected chi connectivity index (χ1v) is 14.4. The third-order valence-corrected chi connectivity index (χ3v) is 6.61. The number of carbonyl (C=O) groups excluding carboxylic acids is 2. The van der Waals surface area contributed by atoms with Gasteiger partial charge < -0.3 is 20.3 Å². The summed E-state index contributed by atoms with van der Waals surface area (Å²) in [5.74, 6) is 0.302. The van der Waals surface area contributed by atoms with Crippen molar-refractivity contribution in [1.82, 2.24) is 30.6 Å². The predicted octanol–water partition coefficient (Wildman–Crippen LogP) is 4.07. The van der Waals surface area contributed by atoms with Crippen LogP contribution in [0.5, 0.6) is 0 Å². The molecule has 0 saturated carbocycles. The highest BCUT2D eigenvalue weighted by atomic mass is 32.1. The Morgan fingerprint density at radius 2 is 1.73 bits per heavy atom. The van der Waals surface area contributed by atoms with Crippen molar-refractivity contribution < 1.29 is 19.1 Å². The van der Waals surface area contributed by atoms with Crippen molar-refractivity contribution >= 4 is 34.3 Å². The zero-order valence-corrected chi connectivity index (χ0v) is 25.2. The smallest absolute Gasteiger partial charge is 0.444 e. The molecule has 0 bridgehead atoms. The zero-order valence-electron chi connectivity index (χ0n) is 24.3. The van der Waals surface area contributed by atoms with Crippen LogP contribution in [-0.2, 0) is 35.3 Å². The van der Waals surface area contributed by atoms with Gasteiger partial charge >= 0.3 is 11.2 Å². The zero-order chi connectivity index (χ0) is 29.8. The number of nitroso groups, excluding NO2 is 1. The third kappa shape index (κ3) is 12.1. The third-order valence-electron chi connectivity index (χ3n) is 5.62. The van der Waals surface area contributed by atoms with Gasteiger partial charge in [0.15, 0.2) is 5.82 Å². The molecular weight excluding hydrogens is 544 g/mol. The normalized spacial score (nSPS) is 11.4. The van der Waals surface area contributed by atoms with Crippen molar-refractivity contribution in [2.24, 2.45) is 0 Å². The van der Waals surface area contributed by atoms with E-state index in [1.54, 1.807) is 11.0 Å². The van der Waals surface area contributed by atoms with E-state index in [4.69, 9.17) is 4.74 Å². The van der Waals surface area contributed by atoms with Crippen LogP contribution < -0.4 is 10.6 Å². The largest absolute Gasteiger partial charge is 0.447 e. The van der Waals surface area contributed by atoms with Gasteiger partial charge in [0.2, 0.25) is 5.91 Å². The molecule has 2 aromatic heterocycles. The number of nitrogens with zero attached hydrogens (tertiary/aromatic N) is 6. The average molecular weight is 584 g/mol. The lowest BCUT2D eigenvalue weighted by molar-refractivity contribution is -0.462. The maximum absolute atomic E-state index is 12.6. The van der Waals surface area contributed by atoms with E-state index in [1.165, 1.54) is 11.3 Å². The van der Waals surface area contributed by atoms with E-state index < -0.39 is 11.7 Å². The van der Waals surface area contributed by atoms with E-state index in [1.807, 2.05) is 65.2 Å². The Morgan fingerprint density at radius 3 is 2.44 bits per heavy atom. The SMILES string of the molecule is CN(C)CC(=O)Nc1ccc(CCCCc2nnc([N+](=O)CCc3cccc(CNC(=O)OC(C)(C)C)c3)s2)nn1. The summed E-state index contributed by atoms with van der Waals surface area (Å²) in [6, 6.07) is 11.4. The highest BCUT2D eigenvalue weighted by Crippen LogP contribution is 2.21. The van der Waals surface area contributed by atoms with Crippen molar-refractivity contribution in [3.8, 4) is 0 Å². The van der Waals surface area contributed by atoms with Crippen molar-refractivity contribution in [2.75, 3.05) is 32.5 Å². The lowest BCUT2D eigenvalue weighted by atomic mass is 10.1. The van der Waals surface area contributed by atoms with Gasteiger partial charge in [-0.3, -0.25) is 4.79 Å². The molecule has 0 atom stereocenters. The minimum Gasteiger partial charge on any atom is -0.444 e. The number of hydrogen-bond donors (Lipinski definition) is 2. The molecular formula is C28H39N8O4S+. The molecule has 3 aromatic rings. The van der Waals surface area contributed by atoms with E-state index >= 15 is 0 Å². The van der Waals surface area contributed by atoms with Crippen LogP contribution in [0.4, 0.5) is 15.7 Å². The molecule has 0 radical (unpaired) electrons. The minimum absolute atomic E-state index is 0.135. The summed E-state index contributed by atoms with van der Waals surface area (Å²) in [4.78, 5) is 38.1. The quantitative estimate of drug-likeness (QED) is 0.212. The van der Waals surface area contributed by atoms with E-state index in [0.717, 1.165) is 52.3 Å². The Hall–Kier alpha value is -3.84. The van der Waals surface area contributed by atoms with Crippen molar-refractivity contribution in [3.63, 3.8) is 0 Å². The summed E-state index contributed by atoms with van der Waals surface area (Å²) in [6.07, 6.45) is 3.31. The Kier molecular flexibility index (Phi) is 11.8. The lowest BCUT2D eigenvalue weighted by Gasteiger charge is -2.19. The van der Waals surface area contributed by atoms with Gasteiger partial charge in [-0.05, 0) is 98.6 Å². The molecule has 0 saturated heterocycles. The number of aromatic nitrogens is 4. The van der Waals surface area contributed by atoms with E-state index in [9.17, 15) is 14.5 Å². The number of alkyl carbamates (subject to hydrolysis) is 1. The molecule has 0 aliphatic rings. The fourth-order valence-electron chi connectivity index (χ4n) is 3.77. The fourth-order valence-corrected chi connectivity index (χ4v) is 4.58. The lowest BCUT2D eigenvalue weighted by Crippen LogP contribution is -2.32. The van der Waals surface area contributed by atoms with Crippen LogP contribution in [0.25, 0.3) is 0 Å². The van der Waals surface area contributed by atoms with Crippen LogP contribution >= 0.6 is 11.3 Å². The Morgan fingerprint density at radius 1 is 0.976 bits per heavy atom. The molecule has 0 aliphatic heterocycles. The second-order valence-electron chi connectivity index (χ2n) is 10.9. The second-order valence-corrected chi connectivity index (χ2v) is 11.9. The van der Waals surface area contributed by atoms with Gasteiger partial charge in [-0.2, -0.15) is 5.10 Å². The van der Waals surface area contributed by atoms with E-state index in [0.29, 0.717) is 23.9 Å². The van der Waals surface area contributed by atoms with Crippen LogP contribution in [0.2, 0.25) is 0 Å². The molecule has 0 unspecified atom stereocenters. The standard InChI is InChI=1S/C28H38N8O4S/c1-28(2,3)40-27(38)29-18-21-10-8-9-20(17-21)15-16-36(39)26-34-33-25(41-26)12-7-6-11-22-13-14-23(32-31-22)30-24(37)19-35(4)5/h8-10,13-14,17H,6-7,11-12,15-16,18-19H2,1-5H3,(H-,29,30,32,37,38)/p+1. The molecule has 41 heavy (non-hydrogen) atoms. The molecule has 3 rings (SSSR count). The number of rotatable bonds is 14. The molecule has 2 N–H and O–H groups in total. The number of nitrogens with one attached hydrogen (secondary N) is 2. The number of anilines is 1. The van der Waals surface area contributed by atoms with Gasteiger partial charge in [-0.25, -0.2) is 4.79 Å². The first-order chi connectivity index (χ1) is 19.5. The van der Waals surface area contributed by atoms with E-state index in [2.05, 4.69) is 31.0 Å². The molecule has 2 amide bonds. The summed E-state index contributed by atoms with van der Waals surface area (Å²) in [7, 11) is 3.65. The predicted molar refractivity (Wildman–Crippen MR) is 157 cm³/mol. The van der Waals surface area contributed by atoms with Crippen LogP contribution in [0.15, 0.2) is 36.4 Å². The van der Waals surface area contributed by atoms with Gasteiger partial charge in [0.25, 0.3) is 0 Å². The van der Waals surface area contributed by atoms with E-state index in [-0.39, 0.29) is 19.0 Å². The van der Waals surface area contributed by atoms with Crippen LogP contribution in [0, 0.1) is 4.91 Å². The summed E-state index contributed by atoms with van der Waals surface area (Å²) in [6.45, 7) is 6.33. The monoisotopic (exact) mass is 583 g/mol. The van der Waals surface area contributed by atoms with Gasteiger partial charge in [0, 0.05) is 19.4 Å². The Balaban J connectivity index is 1.37. The molecule has 12 nitrogen and oxygen atoms in total. The second kappa shape index (κ2) is 15.2. The summed E-state index contributed by atoms with van der Waals surface area (Å²) < 4.78 is 6.14. The Labute approximate surface area is 244 Å². The first-order valence-electron chi connectivity index (χ1n) is 13.6. The summed E-state index contributed by atoms with van der Waals surface area (Å²) in [5, 5.41) is 23.2. The maximum atomic E-state index is 12.6. The molecule has 0 fully saturated rings. The van der Waals surface area contributed by atoms with Gasteiger partial charge in [0.05, 0.1) is 17.3 Å². The highest BCUT2D eigenvalue weighted by molar-refractivity contribution is 7.14. The van der Waals surface area contributed by atoms with Crippen molar-refractivity contribution in [3.05, 3.63) is 63.1 Å². The number of aryl methyl sites for hydroxylation is 2.